The molecule has 1 saturated heterocycles. The third kappa shape index (κ3) is 2.40. The van der Waals surface area contributed by atoms with Gasteiger partial charge in [0.15, 0.2) is 11.5 Å². The van der Waals surface area contributed by atoms with E-state index in [9.17, 15) is 9.90 Å². The summed E-state index contributed by atoms with van der Waals surface area (Å²) in [7, 11) is 1.40. The number of rotatable bonds is 1. The number of fused-ring (bicyclic) bond motifs is 2. The first-order chi connectivity index (χ1) is 11.6. The minimum atomic E-state index is -0.705. The zero-order valence-electron chi connectivity index (χ0n) is 13.9. The Bertz CT molecular complexity index is 648. The molecule has 1 aromatic carbocycles. The highest BCUT2D eigenvalue weighted by Gasteiger charge is 2.50. The smallest absolute Gasteiger partial charge is 0.410 e. The lowest BCUT2D eigenvalue weighted by atomic mass is 9.66. The average molecular weight is 333 g/mol. The van der Waals surface area contributed by atoms with Gasteiger partial charge in [0.1, 0.15) is 0 Å². The molecule has 0 radical (unpaired) electrons. The van der Waals surface area contributed by atoms with Gasteiger partial charge in [-0.1, -0.05) is 18.9 Å². The van der Waals surface area contributed by atoms with Crippen molar-refractivity contribution in [3.63, 3.8) is 0 Å². The molecule has 3 aliphatic rings. The van der Waals surface area contributed by atoms with Crippen molar-refractivity contribution in [3.8, 4) is 11.5 Å². The lowest BCUT2D eigenvalue weighted by Gasteiger charge is -2.52. The molecule has 0 bridgehead atoms. The van der Waals surface area contributed by atoms with Crippen LogP contribution in [0.1, 0.15) is 43.7 Å². The van der Waals surface area contributed by atoms with Gasteiger partial charge in [0.05, 0.1) is 18.8 Å². The summed E-state index contributed by atoms with van der Waals surface area (Å²) in [4.78, 5) is 14.1. The van der Waals surface area contributed by atoms with Crippen molar-refractivity contribution in [2.24, 2.45) is 5.92 Å². The summed E-state index contributed by atoms with van der Waals surface area (Å²) in [5.41, 5.74) is 0.263. The molecule has 0 spiro atoms. The number of carbonyl (C=O) groups excluding carboxylic acids is 1. The molecule has 2 aliphatic heterocycles. The normalized spacial score (nSPS) is 31.5. The van der Waals surface area contributed by atoms with Gasteiger partial charge in [-0.3, -0.25) is 0 Å². The molecule has 6 nitrogen and oxygen atoms in total. The van der Waals surface area contributed by atoms with Crippen molar-refractivity contribution in [2.75, 3.05) is 20.4 Å². The van der Waals surface area contributed by atoms with Gasteiger partial charge in [0.25, 0.3) is 0 Å². The fraction of sp³-hybridized carbons (Fsp3) is 0.611. The molecule has 6 heteroatoms. The second-order valence-electron chi connectivity index (χ2n) is 6.93. The third-order valence-electron chi connectivity index (χ3n) is 5.71. The summed E-state index contributed by atoms with van der Waals surface area (Å²) in [5, 5.41) is 11.2. The number of ether oxygens (including phenoxy) is 3. The lowest BCUT2D eigenvalue weighted by Crippen LogP contribution is -2.56. The molecule has 2 heterocycles. The second kappa shape index (κ2) is 5.84. The standard InChI is InChI=1S/C18H23NO5/c1-22-17(20)19-9-8-18(21)7-3-2-4-13(18)16(19)12-5-6-14-15(10-12)24-11-23-14/h5-6,10,13,16,21H,2-4,7-9,11H2,1H3/t13-,16-,18-/m0/s1. The predicted octanol–water partition coefficient (Wildman–Crippen LogP) is 2.85. The molecule has 130 valence electrons. The molecule has 1 N–H and O–H groups in total. The van der Waals surface area contributed by atoms with E-state index in [1.54, 1.807) is 4.90 Å². The highest BCUT2D eigenvalue weighted by molar-refractivity contribution is 5.68. The Kier molecular flexibility index (Phi) is 3.79. The zero-order valence-corrected chi connectivity index (χ0v) is 13.9. The maximum atomic E-state index is 12.3. The molecule has 1 amide bonds. The molecule has 1 saturated carbocycles. The Morgan fingerprint density at radius 2 is 2.12 bits per heavy atom. The van der Waals surface area contributed by atoms with Gasteiger partial charge in [-0.15, -0.1) is 0 Å². The van der Waals surface area contributed by atoms with E-state index in [1.165, 1.54) is 7.11 Å². The second-order valence-corrected chi connectivity index (χ2v) is 6.93. The summed E-state index contributed by atoms with van der Waals surface area (Å²) in [6.07, 6.45) is 4.08. The van der Waals surface area contributed by atoms with Crippen LogP contribution >= 0.6 is 0 Å². The van der Waals surface area contributed by atoms with Crippen LogP contribution in [0.3, 0.4) is 0 Å². The number of hydrogen-bond acceptors (Lipinski definition) is 5. The molecule has 2 fully saturated rings. The Labute approximate surface area is 141 Å². The molecule has 24 heavy (non-hydrogen) atoms. The van der Waals surface area contributed by atoms with E-state index < -0.39 is 5.60 Å². The van der Waals surface area contributed by atoms with Crippen LogP contribution in [0.5, 0.6) is 11.5 Å². The first kappa shape index (κ1) is 15.6. The van der Waals surface area contributed by atoms with Crippen LogP contribution in [0.25, 0.3) is 0 Å². The van der Waals surface area contributed by atoms with Crippen molar-refractivity contribution >= 4 is 6.09 Å². The number of nitrogens with zero attached hydrogens (tertiary/aromatic N) is 1. The molecular weight excluding hydrogens is 310 g/mol. The molecule has 0 unspecified atom stereocenters. The SMILES string of the molecule is COC(=O)N1CC[C@@]2(O)CCCC[C@H]2[C@@H]1c1ccc2c(c1)OCO2. The highest BCUT2D eigenvalue weighted by Crippen LogP contribution is 2.50. The molecule has 1 aliphatic carbocycles. The van der Waals surface area contributed by atoms with Crippen molar-refractivity contribution in [2.45, 2.75) is 43.7 Å². The van der Waals surface area contributed by atoms with Gasteiger partial charge in [-0.25, -0.2) is 4.79 Å². The van der Waals surface area contributed by atoms with Crippen LogP contribution in [0.2, 0.25) is 0 Å². The van der Waals surface area contributed by atoms with Gasteiger partial charge in [0, 0.05) is 12.5 Å². The van der Waals surface area contributed by atoms with Crippen molar-refractivity contribution in [3.05, 3.63) is 23.8 Å². The molecule has 3 atom stereocenters. The van der Waals surface area contributed by atoms with Crippen molar-refractivity contribution in [1.29, 1.82) is 0 Å². The maximum Gasteiger partial charge on any atom is 0.410 e. The van der Waals surface area contributed by atoms with Gasteiger partial charge >= 0.3 is 6.09 Å². The largest absolute Gasteiger partial charge is 0.454 e. The number of aliphatic hydroxyl groups is 1. The minimum absolute atomic E-state index is 0.0134. The zero-order chi connectivity index (χ0) is 16.7. The number of amides is 1. The fourth-order valence-electron chi connectivity index (χ4n) is 4.51. The number of piperidine rings is 1. The number of hydrogen-bond donors (Lipinski definition) is 1. The van der Waals surface area contributed by atoms with E-state index in [0.29, 0.717) is 18.7 Å². The van der Waals surface area contributed by atoms with Gasteiger partial charge < -0.3 is 24.2 Å². The van der Waals surface area contributed by atoms with Crippen LogP contribution in [0.4, 0.5) is 4.79 Å². The van der Waals surface area contributed by atoms with E-state index in [0.717, 1.165) is 37.0 Å². The predicted molar refractivity (Wildman–Crippen MR) is 85.9 cm³/mol. The Morgan fingerprint density at radius 3 is 2.96 bits per heavy atom. The maximum absolute atomic E-state index is 12.3. The van der Waals surface area contributed by atoms with Crippen LogP contribution in [-0.4, -0.2) is 42.1 Å². The Morgan fingerprint density at radius 1 is 1.29 bits per heavy atom. The summed E-state index contributed by atoms with van der Waals surface area (Å²) >= 11 is 0. The van der Waals surface area contributed by atoms with Gasteiger partial charge in [-0.05, 0) is 37.0 Å². The van der Waals surface area contributed by atoms with E-state index in [4.69, 9.17) is 14.2 Å². The van der Waals surface area contributed by atoms with Crippen LogP contribution < -0.4 is 9.47 Å². The quantitative estimate of drug-likeness (QED) is 0.856. The summed E-state index contributed by atoms with van der Waals surface area (Å²) in [5.74, 6) is 1.43. The summed E-state index contributed by atoms with van der Waals surface area (Å²) in [6, 6.07) is 5.58. The Hall–Kier alpha value is -1.95. The molecule has 0 aromatic heterocycles. The van der Waals surface area contributed by atoms with Crippen molar-refractivity contribution < 1.29 is 24.1 Å². The fourth-order valence-corrected chi connectivity index (χ4v) is 4.51. The number of carbonyl (C=O) groups is 1. The van der Waals surface area contributed by atoms with E-state index in [-0.39, 0.29) is 24.8 Å². The number of methoxy groups -OCH3 is 1. The monoisotopic (exact) mass is 333 g/mol. The number of benzene rings is 1. The van der Waals surface area contributed by atoms with E-state index in [1.807, 2.05) is 18.2 Å². The first-order valence-corrected chi connectivity index (χ1v) is 8.59. The minimum Gasteiger partial charge on any atom is -0.454 e. The third-order valence-corrected chi connectivity index (χ3v) is 5.71. The van der Waals surface area contributed by atoms with Gasteiger partial charge in [-0.2, -0.15) is 0 Å². The lowest BCUT2D eigenvalue weighted by molar-refractivity contribution is -0.117. The van der Waals surface area contributed by atoms with E-state index >= 15 is 0 Å². The van der Waals surface area contributed by atoms with Crippen molar-refractivity contribution in [1.82, 2.24) is 4.90 Å². The molecule has 1 aromatic rings. The van der Waals surface area contributed by atoms with E-state index in [2.05, 4.69) is 0 Å². The average Bonchev–Trinajstić information content (AvgIpc) is 3.07. The highest BCUT2D eigenvalue weighted by atomic mass is 16.7. The summed E-state index contributed by atoms with van der Waals surface area (Å²) in [6.45, 7) is 0.719. The number of likely N-dealkylation sites (tertiary alicyclic amines) is 1. The first-order valence-electron chi connectivity index (χ1n) is 8.59. The topological polar surface area (TPSA) is 68.2 Å². The summed E-state index contributed by atoms with van der Waals surface area (Å²) < 4.78 is 15.9. The van der Waals surface area contributed by atoms with Crippen LogP contribution in [-0.2, 0) is 4.74 Å². The molecular formula is C18H23NO5. The van der Waals surface area contributed by atoms with Gasteiger partial charge in [0.2, 0.25) is 6.79 Å². The van der Waals surface area contributed by atoms with Crippen LogP contribution in [0, 0.1) is 5.92 Å². The molecule has 4 rings (SSSR count). The Balaban J connectivity index is 1.74. The van der Waals surface area contributed by atoms with Crippen LogP contribution in [0.15, 0.2) is 18.2 Å².